The molecular formula is C19H17N3O. The van der Waals surface area contributed by atoms with Crippen molar-refractivity contribution in [2.24, 2.45) is 0 Å². The molecule has 4 rings (SSSR count). The SMILES string of the molecule is CCOc1nc2nc3ccccc3n2c(-c2ccccc2)c1C. The number of fused-ring (bicyclic) bond motifs is 3. The molecule has 4 heteroatoms. The smallest absolute Gasteiger partial charge is 0.238 e. The first-order valence-corrected chi connectivity index (χ1v) is 7.75. The molecule has 114 valence electrons. The second-order valence-electron chi connectivity index (χ2n) is 5.43. The van der Waals surface area contributed by atoms with Crippen molar-refractivity contribution in [2.75, 3.05) is 6.61 Å². The van der Waals surface area contributed by atoms with Crippen LogP contribution in [0.5, 0.6) is 5.88 Å². The molecule has 0 aliphatic rings. The van der Waals surface area contributed by atoms with E-state index in [4.69, 9.17) is 4.74 Å². The van der Waals surface area contributed by atoms with Crippen LogP contribution in [0, 0.1) is 6.92 Å². The predicted octanol–water partition coefficient (Wildman–Crippen LogP) is 4.26. The Hall–Kier alpha value is -2.88. The average molecular weight is 303 g/mol. The van der Waals surface area contributed by atoms with Gasteiger partial charge >= 0.3 is 0 Å². The lowest BCUT2D eigenvalue weighted by Gasteiger charge is -2.14. The van der Waals surface area contributed by atoms with E-state index in [0.717, 1.165) is 27.9 Å². The molecule has 4 aromatic rings. The lowest BCUT2D eigenvalue weighted by molar-refractivity contribution is 0.325. The molecule has 0 atom stereocenters. The third-order valence-electron chi connectivity index (χ3n) is 3.97. The van der Waals surface area contributed by atoms with Gasteiger partial charge in [-0.05, 0) is 31.5 Å². The standard InChI is InChI=1S/C19H17N3O/c1-3-23-18-13(2)17(14-9-5-4-6-10-14)22-16-12-8-7-11-15(16)20-19(22)21-18/h4-12H,3H2,1-2H3. The molecule has 0 saturated heterocycles. The van der Waals surface area contributed by atoms with Gasteiger partial charge in [-0.15, -0.1) is 0 Å². The van der Waals surface area contributed by atoms with Gasteiger partial charge in [0.1, 0.15) is 0 Å². The third-order valence-corrected chi connectivity index (χ3v) is 3.97. The van der Waals surface area contributed by atoms with E-state index < -0.39 is 0 Å². The number of imidazole rings is 1. The Morgan fingerprint density at radius 2 is 1.70 bits per heavy atom. The number of hydrogen-bond acceptors (Lipinski definition) is 3. The van der Waals surface area contributed by atoms with Gasteiger partial charge < -0.3 is 4.74 Å². The molecule has 0 amide bonds. The molecule has 0 aliphatic carbocycles. The first-order valence-electron chi connectivity index (χ1n) is 7.75. The average Bonchev–Trinajstić information content (AvgIpc) is 2.95. The molecule has 23 heavy (non-hydrogen) atoms. The normalized spacial score (nSPS) is 11.2. The number of nitrogens with zero attached hydrogens (tertiary/aromatic N) is 3. The molecule has 0 spiro atoms. The highest BCUT2D eigenvalue weighted by Crippen LogP contribution is 2.32. The Morgan fingerprint density at radius 3 is 2.48 bits per heavy atom. The number of ether oxygens (including phenoxy) is 1. The predicted molar refractivity (Wildman–Crippen MR) is 91.8 cm³/mol. The monoisotopic (exact) mass is 303 g/mol. The largest absolute Gasteiger partial charge is 0.478 e. The summed E-state index contributed by atoms with van der Waals surface area (Å²) >= 11 is 0. The first-order chi connectivity index (χ1) is 11.3. The fourth-order valence-corrected chi connectivity index (χ4v) is 2.97. The van der Waals surface area contributed by atoms with Gasteiger partial charge in [-0.25, -0.2) is 4.98 Å². The summed E-state index contributed by atoms with van der Waals surface area (Å²) in [6, 6.07) is 18.4. The first kappa shape index (κ1) is 13.8. The van der Waals surface area contributed by atoms with Crippen LogP contribution in [-0.4, -0.2) is 21.0 Å². The second-order valence-corrected chi connectivity index (χ2v) is 5.43. The van der Waals surface area contributed by atoms with E-state index in [1.165, 1.54) is 0 Å². The summed E-state index contributed by atoms with van der Waals surface area (Å²) < 4.78 is 7.85. The molecule has 2 aromatic heterocycles. The highest BCUT2D eigenvalue weighted by Gasteiger charge is 2.17. The molecule has 0 N–H and O–H groups in total. The van der Waals surface area contributed by atoms with Crippen molar-refractivity contribution in [2.45, 2.75) is 13.8 Å². The van der Waals surface area contributed by atoms with E-state index >= 15 is 0 Å². The van der Waals surface area contributed by atoms with Crippen LogP contribution in [0.25, 0.3) is 28.1 Å². The highest BCUT2D eigenvalue weighted by molar-refractivity contribution is 5.84. The van der Waals surface area contributed by atoms with Crippen molar-refractivity contribution in [3.05, 3.63) is 60.2 Å². The zero-order valence-electron chi connectivity index (χ0n) is 13.2. The highest BCUT2D eigenvalue weighted by atomic mass is 16.5. The third kappa shape index (κ3) is 2.14. The van der Waals surface area contributed by atoms with Crippen LogP contribution in [0.3, 0.4) is 0 Å². The number of rotatable bonds is 3. The van der Waals surface area contributed by atoms with E-state index in [0.29, 0.717) is 18.3 Å². The summed E-state index contributed by atoms with van der Waals surface area (Å²) in [5.41, 5.74) is 5.22. The van der Waals surface area contributed by atoms with Crippen LogP contribution in [0.2, 0.25) is 0 Å². The van der Waals surface area contributed by atoms with Crippen LogP contribution in [0.4, 0.5) is 0 Å². The Bertz CT molecular complexity index is 990. The van der Waals surface area contributed by atoms with Gasteiger partial charge in [0.2, 0.25) is 11.7 Å². The van der Waals surface area contributed by atoms with Crippen LogP contribution in [0.1, 0.15) is 12.5 Å². The number of benzene rings is 2. The molecule has 0 fully saturated rings. The lowest BCUT2D eigenvalue weighted by Crippen LogP contribution is -2.04. The van der Waals surface area contributed by atoms with Crippen LogP contribution >= 0.6 is 0 Å². The van der Waals surface area contributed by atoms with E-state index in [9.17, 15) is 0 Å². The second kappa shape index (κ2) is 5.39. The van der Waals surface area contributed by atoms with Gasteiger partial charge in [-0.1, -0.05) is 42.5 Å². The van der Waals surface area contributed by atoms with Crippen LogP contribution in [-0.2, 0) is 0 Å². The molecule has 0 unspecified atom stereocenters. The maximum atomic E-state index is 5.74. The van der Waals surface area contributed by atoms with Crippen LogP contribution in [0.15, 0.2) is 54.6 Å². The molecule has 2 aromatic carbocycles. The van der Waals surface area contributed by atoms with Crippen molar-refractivity contribution in [1.82, 2.24) is 14.4 Å². The van der Waals surface area contributed by atoms with Crippen molar-refractivity contribution >= 4 is 16.8 Å². The number of aromatic nitrogens is 3. The molecule has 0 bridgehead atoms. The van der Waals surface area contributed by atoms with Crippen molar-refractivity contribution in [1.29, 1.82) is 0 Å². The maximum Gasteiger partial charge on any atom is 0.238 e. The van der Waals surface area contributed by atoms with E-state index in [1.807, 2.05) is 43.3 Å². The quantitative estimate of drug-likeness (QED) is 0.568. The van der Waals surface area contributed by atoms with Gasteiger partial charge in [0, 0.05) is 5.56 Å². The minimum atomic E-state index is 0.582. The van der Waals surface area contributed by atoms with Crippen molar-refractivity contribution in [3.63, 3.8) is 0 Å². The summed E-state index contributed by atoms with van der Waals surface area (Å²) in [4.78, 5) is 9.27. The minimum absolute atomic E-state index is 0.582. The van der Waals surface area contributed by atoms with Gasteiger partial charge in [0.15, 0.2) is 0 Å². The summed E-state index contributed by atoms with van der Waals surface area (Å²) in [5.74, 6) is 1.31. The molecule has 0 aliphatic heterocycles. The minimum Gasteiger partial charge on any atom is -0.478 e. The zero-order chi connectivity index (χ0) is 15.8. The lowest BCUT2D eigenvalue weighted by atomic mass is 10.1. The Kier molecular flexibility index (Phi) is 3.23. The Balaban J connectivity index is 2.17. The van der Waals surface area contributed by atoms with Gasteiger partial charge in [0.05, 0.1) is 23.3 Å². The number of para-hydroxylation sites is 2. The van der Waals surface area contributed by atoms with E-state index in [2.05, 4.69) is 39.5 Å². The van der Waals surface area contributed by atoms with Crippen LogP contribution < -0.4 is 4.74 Å². The topological polar surface area (TPSA) is 39.4 Å². The molecule has 2 heterocycles. The zero-order valence-corrected chi connectivity index (χ0v) is 13.2. The van der Waals surface area contributed by atoms with Gasteiger partial charge in [-0.2, -0.15) is 4.98 Å². The van der Waals surface area contributed by atoms with Crippen molar-refractivity contribution in [3.8, 4) is 17.1 Å². The summed E-state index contributed by atoms with van der Waals surface area (Å²) in [7, 11) is 0. The summed E-state index contributed by atoms with van der Waals surface area (Å²) in [5, 5.41) is 0. The fraction of sp³-hybridized carbons (Fsp3) is 0.158. The Labute approximate surface area is 134 Å². The number of hydrogen-bond donors (Lipinski definition) is 0. The fourth-order valence-electron chi connectivity index (χ4n) is 2.97. The molecule has 0 radical (unpaired) electrons. The maximum absolute atomic E-state index is 5.74. The Morgan fingerprint density at radius 1 is 0.957 bits per heavy atom. The van der Waals surface area contributed by atoms with E-state index in [-0.39, 0.29) is 0 Å². The molecular weight excluding hydrogens is 286 g/mol. The van der Waals surface area contributed by atoms with Gasteiger partial charge in [0.25, 0.3) is 0 Å². The molecule has 4 nitrogen and oxygen atoms in total. The summed E-state index contributed by atoms with van der Waals surface area (Å²) in [6.45, 7) is 4.60. The van der Waals surface area contributed by atoms with Gasteiger partial charge in [-0.3, -0.25) is 4.40 Å². The van der Waals surface area contributed by atoms with E-state index in [1.54, 1.807) is 0 Å². The summed E-state index contributed by atoms with van der Waals surface area (Å²) in [6.07, 6.45) is 0. The molecule has 0 saturated carbocycles. The van der Waals surface area contributed by atoms with Crippen molar-refractivity contribution < 1.29 is 4.74 Å².